The minimum Gasteiger partial charge on any atom is -0.493 e. The van der Waals surface area contributed by atoms with Crippen molar-refractivity contribution < 1.29 is 9.47 Å². The number of H-pyrrole nitrogens is 1. The van der Waals surface area contributed by atoms with Gasteiger partial charge in [-0.3, -0.25) is 9.36 Å². The molecule has 1 aliphatic carbocycles. The molecular weight excluding hydrogens is 380 g/mol. The number of ether oxygens (including phenoxy) is 2. The summed E-state index contributed by atoms with van der Waals surface area (Å²) < 4.78 is 12.8. The van der Waals surface area contributed by atoms with E-state index in [1.54, 1.807) is 30.1 Å². The van der Waals surface area contributed by atoms with Gasteiger partial charge >= 0.3 is 0 Å². The van der Waals surface area contributed by atoms with Crippen LogP contribution in [-0.2, 0) is 25.8 Å². The number of nitrogens with one attached hydrogen (secondary N) is 1. The van der Waals surface area contributed by atoms with Crippen LogP contribution < -0.4 is 15.0 Å². The summed E-state index contributed by atoms with van der Waals surface area (Å²) in [6, 6.07) is 5.82. The summed E-state index contributed by atoms with van der Waals surface area (Å²) in [5.74, 6) is 1.39. The summed E-state index contributed by atoms with van der Waals surface area (Å²) in [5.41, 5.74) is 2.34. The highest BCUT2D eigenvalue weighted by Gasteiger charge is 2.20. The maximum Gasteiger partial charge on any atom is 0.263 e. The van der Waals surface area contributed by atoms with Crippen molar-refractivity contribution >= 4 is 33.8 Å². The van der Waals surface area contributed by atoms with Crippen molar-refractivity contribution in [2.24, 2.45) is 0 Å². The SMILES string of the molecule is COc1ccc(CCn2c(=S)[nH]c3sc4c(c3c2=O)CCCC4)cc1OC. The predicted octanol–water partition coefficient (Wildman–Crippen LogP) is 4.26. The lowest BCUT2D eigenvalue weighted by atomic mass is 9.97. The standard InChI is InChI=1S/C20H22N2O3S2/c1-24-14-8-7-12(11-15(14)25-2)9-10-22-19(23)17-13-5-3-4-6-16(13)27-18(17)21-20(22)26/h7-8,11H,3-6,9-10H2,1-2H3,(H,21,26). The molecule has 4 rings (SSSR count). The van der Waals surface area contributed by atoms with E-state index in [-0.39, 0.29) is 5.56 Å². The Morgan fingerprint density at radius 2 is 1.96 bits per heavy atom. The van der Waals surface area contributed by atoms with Crippen LogP contribution in [0, 0.1) is 4.77 Å². The van der Waals surface area contributed by atoms with Crippen molar-refractivity contribution in [1.82, 2.24) is 9.55 Å². The fourth-order valence-corrected chi connectivity index (χ4v) is 5.37. The van der Waals surface area contributed by atoms with Gasteiger partial charge in [-0.2, -0.15) is 0 Å². The van der Waals surface area contributed by atoms with Gasteiger partial charge in [0, 0.05) is 11.4 Å². The minimum absolute atomic E-state index is 0.0358. The lowest BCUT2D eigenvalue weighted by Crippen LogP contribution is -2.23. The average molecular weight is 403 g/mol. The summed E-state index contributed by atoms with van der Waals surface area (Å²) in [5, 5.41) is 0.843. The van der Waals surface area contributed by atoms with Crippen molar-refractivity contribution in [3.05, 3.63) is 49.3 Å². The zero-order valence-corrected chi connectivity index (χ0v) is 17.1. The quantitative estimate of drug-likeness (QED) is 0.648. The Balaban J connectivity index is 1.68. The molecule has 0 fully saturated rings. The van der Waals surface area contributed by atoms with Gasteiger partial charge in [-0.25, -0.2) is 0 Å². The first-order valence-corrected chi connectivity index (χ1v) is 10.3. The number of benzene rings is 1. The summed E-state index contributed by atoms with van der Waals surface area (Å²) in [4.78, 5) is 18.7. The molecule has 0 bridgehead atoms. The Kier molecular flexibility index (Phi) is 5.06. The normalized spacial score (nSPS) is 13.6. The number of aryl methyl sites for hydroxylation is 3. The predicted molar refractivity (Wildman–Crippen MR) is 111 cm³/mol. The van der Waals surface area contributed by atoms with Gasteiger partial charge < -0.3 is 14.5 Å². The molecular formula is C20H22N2O3S2. The van der Waals surface area contributed by atoms with Crippen LogP contribution in [0.2, 0.25) is 0 Å². The fraction of sp³-hybridized carbons (Fsp3) is 0.400. The molecule has 27 heavy (non-hydrogen) atoms. The zero-order chi connectivity index (χ0) is 19.0. The van der Waals surface area contributed by atoms with E-state index >= 15 is 0 Å². The van der Waals surface area contributed by atoms with E-state index in [1.807, 2.05) is 18.2 Å². The van der Waals surface area contributed by atoms with Gasteiger partial charge in [-0.05, 0) is 67.6 Å². The Labute approximate surface area is 166 Å². The van der Waals surface area contributed by atoms with Gasteiger partial charge in [0.25, 0.3) is 5.56 Å². The second-order valence-corrected chi connectivity index (χ2v) is 8.23. The molecule has 0 aliphatic heterocycles. The van der Waals surface area contributed by atoms with Gasteiger partial charge in [0.2, 0.25) is 0 Å². The van der Waals surface area contributed by atoms with Crippen molar-refractivity contribution in [1.29, 1.82) is 0 Å². The van der Waals surface area contributed by atoms with Crippen molar-refractivity contribution in [3.63, 3.8) is 0 Å². The molecule has 0 unspecified atom stereocenters. The van der Waals surface area contributed by atoms with Crippen LogP contribution in [-0.4, -0.2) is 23.8 Å². The molecule has 0 saturated carbocycles. The zero-order valence-electron chi connectivity index (χ0n) is 15.5. The molecule has 0 radical (unpaired) electrons. The van der Waals surface area contributed by atoms with E-state index in [0.717, 1.165) is 35.0 Å². The minimum atomic E-state index is 0.0358. The van der Waals surface area contributed by atoms with E-state index in [1.165, 1.54) is 16.9 Å². The van der Waals surface area contributed by atoms with Crippen LogP contribution >= 0.6 is 23.6 Å². The van der Waals surface area contributed by atoms with Gasteiger partial charge in [0.1, 0.15) is 4.83 Å². The highest BCUT2D eigenvalue weighted by atomic mass is 32.1. The first kappa shape index (κ1) is 18.3. The van der Waals surface area contributed by atoms with Crippen LogP contribution in [0.5, 0.6) is 11.5 Å². The van der Waals surface area contributed by atoms with Crippen molar-refractivity contribution in [2.45, 2.75) is 38.6 Å². The van der Waals surface area contributed by atoms with Crippen molar-refractivity contribution in [3.8, 4) is 11.5 Å². The Hall–Kier alpha value is -2.12. The van der Waals surface area contributed by atoms with E-state index in [2.05, 4.69) is 4.98 Å². The Bertz CT molecular complexity index is 1110. The Morgan fingerprint density at radius 3 is 2.74 bits per heavy atom. The highest BCUT2D eigenvalue weighted by molar-refractivity contribution is 7.71. The highest BCUT2D eigenvalue weighted by Crippen LogP contribution is 2.33. The number of aromatic nitrogens is 2. The van der Waals surface area contributed by atoms with Crippen LogP contribution in [0.15, 0.2) is 23.0 Å². The summed E-state index contributed by atoms with van der Waals surface area (Å²) in [6.45, 7) is 0.532. The lowest BCUT2D eigenvalue weighted by molar-refractivity contribution is 0.354. The second-order valence-electron chi connectivity index (χ2n) is 6.74. The molecule has 1 aromatic carbocycles. The van der Waals surface area contributed by atoms with E-state index in [4.69, 9.17) is 21.7 Å². The molecule has 0 amide bonds. The molecule has 142 valence electrons. The molecule has 2 aromatic heterocycles. The summed E-state index contributed by atoms with van der Waals surface area (Å²) in [6.07, 6.45) is 5.11. The lowest BCUT2D eigenvalue weighted by Gasteiger charge is -2.12. The average Bonchev–Trinajstić information content (AvgIpc) is 3.05. The van der Waals surface area contributed by atoms with Crippen LogP contribution in [0.4, 0.5) is 0 Å². The van der Waals surface area contributed by atoms with Gasteiger partial charge in [-0.1, -0.05) is 6.07 Å². The molecule has 0 atom stereocenters. The molecule has 5 nitrogen and oxygen atoms in total. The summed E-state index contributed by atoms with van der Waals surface area (Å²) >= 11 is 7.17. The number of methoxy groups -OCH3 is 2. The maximum absolute atomic E-state index is 13.2. The number of hydrogen-bond donors (Lipinski definition) is 1. The molecule has 0 spiro atoms. The number of hydrogen-bond acceptors (Lipinski definition) is 5. The van der Waals surface area contributed by atoms with Gasteiger partial charge in [0.15, 0.2) is 16.3 Å². The Morgan fingerprint density at radius 1 is 1.19 bits per heavy atom. The fourth-order valence-electron chi connectivity index (χ4n) is 3.75. The van der Waals surface area contributed by atoms with Crippen LogP contribution in [0.3, 0.4) is 0 Å². The first-order valence-electron chi connectivity index (χ1n) is 9.10. The molecule has 2 heterocycles. The molecule has 0 saturated heterocycles. The summed E-state index contributed by atoms with van der Waals surface area (Å²) in [7, 11) is 3.24. The van der Waals surface area contributed by atoms with Gasteiger partial charge in [-0.15, -0.1) is 11.3 Å². The molecule has 1 N–H and O–H groups in total. The van der Waals surface area contributed by atoms with E-state index < -0.39 is 0 Å². The van der Waals surface area contributed by atoms with E-state index in [9.17, 15) is 4.79 Å². The van der Waals surface area contributed by atoms with Crippen LogP contribution in [0.25, 0.3) is 10.2 Å². The topological polar surface area (TPSA) is 56.2 Å². The third-order valence-corrected chi connectivity index (χ3v) is 6.70. The maximum atomic E-state index is 13.2. The smallest absolute Gasteiger partial charge is 0.263 e. The largest absolute Gasteiger partial charge is 0.493 e. The number of aromatic amines is 1. The van der Waals surface area contributed by atoms with Gasteiger partial charge in [0.05, 0.1) is 19.6 Å². The third-order valence-electron chi connectivity index (χ3n) is 5.17. The number of thiophene rings is 1. The molecule has 7 heteroatoms. The number of fused-ring (bicyclic) bond motifs is 3. The first-order chi connectivity index (χ1) is 13.1. The van der Waals surface area contributed by atoms with E-state index in [0.29, 0.717) is 29.2 Å². The monoisotopic (exact) mass is 402 g/mol. The molecule has 1 aliphatic rings. The second kappa shape index (κ2) is 7.48. The number of nitrogens with zero attached hydrogens (tertiary/aromatic N) is 1. The third kappa shape index (κ3) is 3.30. The van der Waals surface area contributed by atoms with Crippen LogP contribution in [0.1, 0.15) is 28.8 Å². The number of rotatable bonds is 5. The molecule has 3 aromatic rings. The van der Waals surface area contributed by atoms with Crippen molar-refractivity contribution in [2.75, 3.05) is 14.2 Å².